The molecule has 13 heteroatoms. The predicted octanol–water partition coefficient (Wildman–Crippen LogP) is 4.68. The van der Waals surface area contributed by atoms with Crippen molar-refractivity contribution in [3.8, 4) is 5.75 Å². The quantitative estimate of drug-likeness (QED) is 0.493. The number of hydrogen-bond donors (Lipinski definition) is 1. The highest BCUT2D eigenvalue weighted by atomic mass is 35.5. The van der Waals surface area contributed by atoms with Gasteiger partial charge in [0, 0.05) is 23.3 Å². The molecule has 0 bridgehead atoms. The molecule has 190 valence electrons. The molecule has 1 aliphatic rings. The van der Waals surface area contributed by atoms with Gasteiger partial charge in [0.2, 0.25) is 5.82 Å². The first-order valence-corrected chi connectivity index (χ1v) is 12.7. The van der Waals surface area contributed by atoms with Gasteiger partial charge < -0.3 is 10.1 Å². The minimum absolute atomic E-state index is 0.211. The molecule has 3 rings (SSSR count). The van der Waals surface area contributed by atoms with Crippen molar-refractivity contribution in [1.82, 2.24) is 15.3 Å². The van der Waals surface area contributed by atoms with Crippen LogP contribution in [0, 0.1) is 5.82 Å². The van der Waals surface area contributed by atoms with Gasteiger partial charge in [-0.15, -0.1) is 0 Å². The maximum atomic E-state index is 13.9. The summed E-state index contributed by atoms with van der Waals surface area (Å²) in [6.07, 6.45) is -3.00. The van der Waals surface area contributed by atoms with Crippen LogP contribution in [0.25, 0.3) is 0 Å². The number of carbonyl (C=O) groups excluding carboxylic acids is 1. The fourth-order valence-electron chi connectivity index (χ4n) is 3.36. The summed E-state index contributed by atoms with van der Waals surface area (Å²) in [6, 6.07) is 3.22. The highest BCUT2D eigenvalue weighted by molar-refractivity contribution is 7.93. The summed E-state index contributed by atoms with van der Waals surface area (Å²) in [5.74, 6) is -2.47. The molecule has 1 aromatic heterocycles. The molecule has 1 heterocycles. The van der Waals surface area contributed by atoms with Gasteiger partial charge in [0.15, 0.2) is 15.6 Å². The molecule has 1 amide bonds. The molecule has 35 heavy (non-hydrogen) atoms. The van der Waals surface area contributed by atoms with Crippen molar-refractivity contribution in [3.63, 3.8) is 0 Å². The molecule has 0 radical (unpaired) electrons. The first-order chi connectivity index (χ1) is 16.1. The molecule has 7 nitrogen and oxygen atoms in total. The lowest BCUT2D eigenvalue weighted by atomic mass is 10.0. The number of halogens is 5. The van der Waals surface area contributed by atoms with Crippen molar-refractivity contribution in [1.29, 1.82) is 0 Å². The molecule has 0 spiro atoms. The van der Waals surface area contributed by atoms with Gasteiger partial charge in [-0.3, -0.25) is 4.79 Å². The molecule has 2 atom stereocenters. The molecule has 1 fully saturated rings. The Bertz CT molecular complexity index is 1260. The molecule has 0 saturated heterocycles. The number of benzene rings is 1. The van der Waals surface area contributed by atoms with Crippen LogP contribution in [-0.2, 0) is 15.3 Å². The van der Waals surface area contributed by atoms with E-state index in [9.17, 15) is 30.8 Å². The Morgan fingerprint density at radius 3 is 2.51 bits per heavy atom. The van der Waals surface area contributed by atoms with E-state index in [-0.39, 0.29) is 29.2 Å². The molecule has 1 N–H and O–H groups in total. The van der Waals surface area contributed by atoms with Crippen molar-refractivity contribution < 1.29 is 35.5 Å². The third-order valence-corrected chi connectivity index (χ3v) is 6.45. The van der Waals surface area contributed by atoms with E-state index in [0.717, 1.165) is 23.9 Å². The zero-order valence-corrected chi connectivity index (χ0v) is 20.4. The first kappa shape index (κ1) is 26.9. The monoisotopic (exact) mass is 535 g/mol. The summed E-state index contributed by atoms with van der Waals surface area (Å²) in [6.45, 7) is 2.95. The van der Waals surface area contributed by atoms with Gasteiger partial charge in [-0.2, -0.15) is 13.2 Å². The second kappa shape index (κ2) is 9.73. The average Bonchev–Trinajstić information content (AvgIpc) is 3.56. The number of amides is 1. The van der Waals surface area contributed by atoms with Crippen LogP contribution in [0.1, 0.15) is 54.7 Å². The second-order valence-corrected chi connectivity index (χ2v) is 10.6. The molecular formula is C22H22ClF4N3O4S. The van der Waals surface area contributed by atoms with Crippen LogP contribution in [0.5, 0.6) is 5.75 Å². The number of hydrogen-bond acceptors (Lipinski definition) is 6. The topological polar surface area (TPSA) is 98.2 Å². The molecule has 2 aromatic rings. The summed E-state index contributed by atoms with van der Waals surface area (Å²) in [5, 5.41) is 3.07. The maximum absolute atomic E-state index is 13.9. The number of nitrogens with zero attached hydrogens (tertiary/aromatic N) is 2. The number of nitrogens with one attached hydrogen (secondary N) is 1. The molecule has 1 saturated carbocycles. The van der Waals surface area contributed by atoms with E-state index >= 15 is 0 Å². The van der Waals surface area contributed by atoms with E-state index in [1.807, 2.05) is 0 Å². The van der Waals surface area contributed by atoms with Crippen molar-refractivity contribution >= 4 is 27.3 Å². The predicted molar refractivity (Wildman–Crippen MR) is 120 cm³/mol. The summed E-state index contributed by atoms with van der Waals surface area (Å²) in [5.41, 5.74) is -2.61. The maximum Gasteiger partial charge on any atom is 0.400 e. The Morgan fingerprint density at radius 2 is 1.94 bits per heavy atom. The standard InChI is InChI=1S/C22H22ClF4N3O4S/c1-12(7-10-35(3,32)33)29-20(31)19-28-11-16(18(30-19)21(8-9-21)22(25,26)27)34-13(2)14-5-4-6-15(24)17(14)23/h4-7,10-13H,8-9H2,1-3H3,(H,29,31)/b10-7+/t12-,13?/m1/s1. The minimum Gasteiger partial charge on any atom is -0.482 e. The fourth-order valence-corrected chi connectivity index (χ4v) is 4.16. The Labute approximate surface area is 204 Å². The molecule has 0 aliphatic heterocycles. The van der Waals surface area contributed by atoms with Crippen molar-refractivity contribution in [3.05, 3.63) is 63.8 Å². The fraction of sp³-hybridized carbons (Fsp3) is 0.409. The summed E-state index contributed by atoms with van der Waals surface area (Å²) < 4.78 is 83.8. The van der Waals surface area contributed by atoms with Gasteiger partial charge in [0.1, 0.15) is 23.0 Å². The van der Waals surface area contributed by atoms with Crippen LogP contribution >= 0.6 is 11.6 Å². The van der Waals surface area contributed by atoms with E-state index in [1.54, 1.807) is 0 Å². The number of sulfone groups is 1. The van der Waals surface area contributed by atoms with Gasteiger partial charge >= 0.3 is 6.18 Å². The lowest BCUT2D eigenvalue weighted by Crippen LogP contribution is -2.35. The number of ether oxygens (including phenoxy) is 1. The van der Waals surface area contributed by atoms with E-state index in [1.165, 1.54) is 32.1 Å². The third-order valence-electron chi connectivity index (χ3n) is 5.40. The average molecular weight is 536 g/mol. The molecule has 1 aromatic carbocycles. The molecule has 1 aliphatic carbocycles. The summed E-state index contributed by atoms with van der Waals surface area (Å²) in [4.78, 5) is 20.3. The summed E-state index contributed by atoms with van der Waals surface area (Å²) >= 11 is 5.98. The zero-order valence-electron chi connectivity index (χ0n) is 18.9. The van der Waals surface area contributed by atoms with Gasteiger partial charge in [-0.25, -0.2) is 22.8 Å². The van der Waals surface area contributed by atoms with Gasteiger partial charge in [-0.1, -0.05) is 29.8 Å². The molecule has 1 unspecified atom stereocenters. The Hall–Kier alpha value is -2.73. The normalized spacial score (nSPS) is 17.1. The molecular weight excluding hydrogens is 514 g/mol. The van der Waals surface area contributed by atoms with E-state index < -0.39 is 56.8 Å². The van der Waals surface area contributed by atoms with Gasteiger partial charge in [0.25, 0.3) is 5.91 Å². The van der Waals surface area contributed by atoms with Crippen molar-refractivity contribution in [2.24, 2.45) is 0 Å². The lowest BCUT2D eigenvalue weighted by Gasteiger charge is -2.24. The lowest BCUT2D eigenvalue weighted by molar-refractivity contribution is -0.162. The zero-order chi connectivity index (χ0) is 26.2. The van der Waals surface area contributed by atoms with Crippen LogP contribution in [0.3, 0.4) is 0 Å². The van der Waals surface area contributed by atoms with Crippen molar-refractivity contribution in [2.75, 3.05) is 6.26 Å². The summed E-state index contributed by atoms with van der Waals surface area (Å²) in [7, 11) is -3.44. The second-order valence-electron chi connectivity index (χ2n) is 8.31. The minimum atomic E-state index is -4.67. The number of carbonyl (C=O) groups is 1. The van der Waals surface area contributed by atoms with Crippen LogP contribution in [-0.4, -0.2) is 42.8 Å². The van der Waals surface area contributed by atoms with E-state index in [4.69, 9.17) is 16.3 Å². The van der Waals surface area contributed by atoms with Crippen molar-refractivity contribution in [2.45, 2.75) is 50.4 Å². The van der Waals surface area contributed by atoms with Gasteiger partial charge in [0.05, 0.1) is 11.2 Å². The smallest absolute Gasteiger partial charge is 0.400 e. The van der Waals surface area contributed by atoms with Gasteiger partial charge in [-0.05, 0) is 32.8 Å². The van der Waals surface area contributed by atoms with Crippen LogP contribution in [0.2, 0.25) is 5.02 Å². The van der Waals surface area contributed by atoms with E-state index in [2.05, 4.69) is 15.3 Å². The van der Waals surface area contributed by atoms with Crippen LogP contribution in [0.15, 0.2) is 35.9 Å². The van der Waals surface area contributed by atoms with Crippen LogP contribution < -0.4 is 10.1 Å². The van der Waals surface area contributed by atoms with E-state index in [0.29, 0.717) is 0 Å². The third kappa shape index (κ3) is 6.10. The first-order valence-electron chi connectivity index (χ1n) is 10.4. The number of rotatable bonds is 8. The van der Waals surface area contributed by atoms with Crippen LogP contribution in [0.4, 0.5) is 17.6 Å². The Morgan fingerprint density at radius 1 is 1.29 bits per heavy atom. The largest absolute Gasteiger partial charge is 0.482 e. The Balaban J connectivity index is 1.95. The SMILES string of the molecule is CC(Oc1cnc(C(=O)N[C@H](C)/C=C/S(C)(=O)=O)nc1C1(C(F)(F)F)CC1)c1cccc(F)c1Cl. The highest BCUT2D eigenvalue weighted by Crippen LogP contribution is 2.60. The Kier molecular flexibility index (Phi) is 7.47. The highest BCUT2D eigenvalue weighted by Gasteiger charge is 2.66. The number of aromatic nitrogens is 2. The number of alkyl halides is 3.